The molecule has 5 nitrogen and oxygen atoms in total. The first-order valence-corrected chi connectivity index (χ1v) is 6.11. The van der Waals surface area contributed by atoms with Crippen molar-refractivity contribution in [2.45, 2.75) is 6.18 Å². The van der Waals surface area contributed by atoms with Gasteiger partial charge in [0.1, 0.15) is 11.6 Å². The van der Waals surface area contributed by atoms with E-state index < -0.39 is 12.0 Å². The predicted molar refractivity (Wildman–Crippen MR) is 71.4 cm³/mol. The maximum absolute atomic E-state index is 12.7. The largest absolute Gasteiger partial charge is 0.451 e. The number of nitrogens with zero attached hydrogens (tertiary/aromatic N) is 2. The first-order chi connectivity index (χ1) is 9.79. The molecule has 0 aliphatic heterocycles. The zero-order chi connectivity index (χ0) is 15.6. The molecule has 0 atom stereocenters. The molecule has 2 rings (SSSR count). The lowest BCUT2D eigenvalue weighted by Crippen LogP contribution is -2.16. The monoisotopic (exact) mass is 338 g/mol. The van der Waals surface area contributed by atoms with Crippen molar-refractivity contribution in [1.82, 2.24) is 9.97 Å². The number of anilines is 1. The molecular weight excluding hydrogens is 332 g/mol. The molecule has 0 spiro atoms. The van der Waals surface area contributed by atoms with Crippen LogP contribution in [0.25, 0.3) is 0 Å². The highest BCUT2D eigenvalue weighted by Crippen LogP contribution is 2.33. The van der Waals surface area contributed by atoms with E-state index in [4.69, 9.17) is 33.8 Å². The van der Waals surface area contributed by atoms with Gasteiger partial charge < -0.3 is 10.2 Å². The van der Waals surface area contributed by atoms with Gasteiger partial charge in [-0.1, -0.05) is 23.2 Å². The first kappa shape index (κ1) is 15.6. The van der Waals surface area contributed by atoms with Gasteiger partial charge in [-0.3, -0.25) is 0 Å². The van der Waals surface area contributed by atoms with Crippen LogP contribution in [0.5, 0.6) is 11.6 Å². The third kappa shape index (κ3) is 3.87. The summed E-state index contributed by atoms with van der Waals surface area (Å²) in [6, 6.07) is 5.37. The van der Waals surface area contributed by atoms with Gasteiger partial charge in [-0.25, -0.2) is 10.8 Å². The Labute approximate surface area is 126 Å². The van der Waals surface area contributed by atoms with Crippen LogP contribution in [0, 0.1) is 0 Å². The minimum Gasteiger partial charge on any atom is -0.437 e. The number of nitrogen functional groups attached to an aromatic ring is 1. The smallest absolute Gasteiger partial charge is 0.437 e. The van der Waals surface area contributed by atoms with Gasteiger partial charge in [0.25, 0.3) is 0 Å². The number of aromatic nitrogens is 2. The molecule has 10 heteroatoms. The molecule has 0 saturated heterocycles. The number of hydrogen-bond acceptors (Lipinski definition) is 5. The number of ether oxygens (including phenoxy) is 1. The molecule has 0 unspecified atom stereocenters. The summed E-state index contributed by atoms with van der Waals surface area (Å²) in [5, 5.41) is 0.463. The molecule has 0 aliphatic rings. The van der Waals surface area contributed by atoms with Crippen molar-refractivity contribution in [3.8, 4) is 11.6 Å². The number of nitrogens with two attached hydrogens (primary N) is 1. The number of alkyl halides is 3. The van der Waals surface area contributed by atoms with E-state index in [0.29, 0.717) is 5.02 Å². The zero-order valence-corrected chi connectivity index (χ0v) is 11.6. The molecule has 1 heterocycles. The number of hydrazine groups is 1. The Morgan fingerprint density at radius 3 is 2.48 bits per heavy atom. The second kappa shape index (κ2) is 5.92. The van der Waals surface area contributed by atoms with Crippen molar-refractivity contribution in [2.24, 2.45) is 5.84 Å². The summed E-state index contributed by atoms with van der Waals surface area (Å²) in [6.45, 7) is 0. The standard InChI is InChI=1S/C11H7Cl2F3N4O/c12-5-1-2-6(13)7(3-5)21-9-4-8(20-17)18-10(19-9)11(14,15)16/h1-4H,17H2,(H,18,19,20). The van der Waals surface area contributed by atoms with E-state index in [1.165, 1.54) is 18.2 Å². The molecule has 1 aromatic carbocycles. The maximum Gasteiger partial charge on any atom is 0.451 e. The van der Waals surface area contributed by atoms with Gasteiger partial charge >= 0.3 is 6.18 Å². The quantitative estimate of drug-likeness (QED) is 0.656. The molecule has 0 aliphatic carbocycles. The topological polar surface area (TPSA) is 73.1 Å². The first-order valence-electron chi connectivity index (χ1n) is 5.35. The van der Waals surface area contributed by atoms with Crippen LogP contribution in [-0.2, 0) is 6.18 Å². The van der Waals surface area contributed by atoms with Gasteiger partial charge in [0.05, 0.1) is 5.02 Å². The van der Waals surface area contributed by atoms with Crippen LogP contribution >= 0.6 is 23.2 Å². The molecule has 0 bridgehead atoms. The van der Waals surface area contributed by atoms with Crippen molar-refractivity contribution in [3.63, 3.8) is 0 Å². The lowest BCUT2D eigenvalue weighted by molar-refractivity contribution is -0.145. The van der Waals surface area contributed by atoms with Crippen LogP contribution < -0.4 is 16.0 Å². The fourth-order valence-corrected chi connectivity index (χ4v) is 1.66. The summed E-state index contributed by atoms with van der Waals surface area (Å²) in [6.07, 6.45) is -4.75. The Morgan fingerprint density at radius 1 is 1.14 bits per heavy atom. The summed E-state index contributed by atoms with van der Waals surface area (Å²) in [7, 11) is 0. The van der Waals surface area contributed by atoms with E-state index in [1.807, 2.05) is 5.43 Å². The van der Waals surface area contributed by atoms with E-state index in [-0.39, 0.29) is 22.5 Å². The molecule has 112 valence electrons. The molecule has 3 N–H and O–H groups in total. The summed E-state index contributed by atoms with van der Waals surface area (Å²) < 4.78 is 43.2. The van der Waals surface area contributed by atoms with Gasteiger partial charge in [0, 0.05) is 17.2 Å². The van der Waals surface area contributed by atoms with Gasteiger partial charge in [-0.05, 0) is 12.1 Å². The fraction of sp³-hybridized carbons (Fsp3) is 0.0909. The van der Waals surface area contributed by atoms with E-state index >= 15 is 0 Å². The molecule has 21 heavy (non-hydrogen) atoms. The third-order valence-corrected chi connectivity index (χ3v) is 2.76. The Bertz CT molecular complexity index is 666. The van der Waals surface area contributed by atoms with Crippen LogP contribution in [0.15, 0.2) is 24.3 Å². The Morgan fingerprint density at radius 2 is 1.86 bits per heavy atom. The van der Waals surface area contributed by atoms with E-state index in [0.717, 1.165) is 6.07 Å². The van der Waals surface area contributed by atoms with Crippen LogP contribution in [0.1, 0.15) is 5.82 Å². The Kier molecular flexibility index (Phi) is 4.40. The lowest BCUT2D eigenvalue weighted by Gasteiger charge is -2.11. The summed E-state index contributed by atoms with van der Waals surface area (Å²) in [5.41, 5.74) is 2.00. The SMILES string of the molecule is NNc1cc(Oc2cc(Cl)ccc2Cl)nc(C(F)(F)F)n1. The molecule has 2 aromatic rings. The van der Waals surface area contributed by atoms with Crippen LogP contribution in [0.2, 0.25) is 10.0 Å². The maximum atomic E-state index is 12.7. The molecular formula is C11H7Cl2F3N4O. The fourth-order valence-electron chi connectivity index (χ4n) is 1.35. The average Bonchev–Trinajstić information content (AvgIpc) is 2.41. The van der Waals surface area contributed by atoms with E-state index in [1.54, 1.807) is 0 Å². The van der Waals surface area contributed by atoms with Crippen LogP contribution in [0.4, 0.5) is 19.0 Å². The van der Waals surface area contributed by atoms with Crippen LogP contribution in [-0.4, -0.2) is 9.97 Å². The molecule has 0 fully saturated rings. The normalized spacial score (nSPS) is 11.3. The summed E-state index contributed by atoms with van der Waals surface area (Å²) >= 11 is 11.6. The van der Waals surface area contributed by atoms with Gasteiger partial charge in [-0.2, -0.15) is 18.2 Å². The molecule has 0 amide bonds. The summed E-state index contributed by atoms with van der Waals surface area (Å²) in [5.74, 6) is 3.09. The minimum absolute atomic E-state index is 0.0546. The number of benzene rings is 1. The third-order valence-electron chi connectivity index (χ3n) is 2.21. The Balaban J connectivity index is 2.42. The number of hydrogen-bond donors (Lipinski definition) is 2. The number of nitrogens with one attached hydrogen (secondary N) is 1. The van der Waals surface area contributed by atoms with Gasteiger partial charge in [0.15, 0.2) is 0 Å². The number of rotatable bonds is 3. The van der Waals surface area contributed by atoms with E-state index in [2.05, 4.69) is 9.97 Å². The summed E-state index contributed by atoms with van der Waals surface area (Å²) in [4.78, 5) is 6.46. The average molecular weight is 339 g/mol. The minimum atomic E-state index is -4.75. The highest BCUT2D eigenvalue weighted by molar-refractivity contribution is 6.34. The molecule has 1 aromatic heterocycles. The zero-order valence-electron chi connectivity index (χ0n) is 10.1. The predicted octanol–water partition coefficient (Wildman–Crippen LogP) is 3.88. The van der Waals surface area contributed by atoms with Crippen molar-refractivity contribution < 1.29 is 17.9 Å². The second-order valence-electron chi connectivity index (χ2n) is 3.73. The molecule has 0 radical (unpaired) electrons. The Hall–Kier alpha value is -1.77. The van der Waals surface area contributed by atoms with Crippen molar-refractivity contribution >= 4 is 29.0 Å². The lowest BCUT2D eigenvalue weighted by atomic mass is 10.3. The van der Waals surface area contributed by atoms with Crippen molar-refractivity contribution in [1.29, 1.82) is 0 Å². The molecule has 0 saturated carbocycles. The van der Waals surface area contributed by atoms with Gasteiger partial charge in [0.2, 0.25) is 11.7 Å². The van der Waals surface area contributed by atoms with Crippen molar-refractivity contribution in [3.05, 3.63) is 40.1 Å². The highest BCUT2D eigenvalue weighted by Gasteiger charge is 2.35. The number of halogens is 5. The van der Waals surface area contributed by atoms with Crippen molar-refractivity contribution in [2.75, 3.05) is 5.43 Å². The van der Waals surface area contributed by atoms with Gasteiger partial charge in [-0.15, -0.1) is 0 Å². The van der Waals surface area contributed by atoms with E-state index in [9.17, 15) is 13.2 Å². The van der Waals surface area contributed by atoms with Crippen LogP contribution in [0.3, 0.4) is 0 Å². The highest BCUT2D eigenvalue weighted by atomic mass is 35.5. The second-order valence-corrected chi connectivity index (χ2v) is 4.58.